The highest BCUT2D eigenvalue weighted by Crippen LogP contribution is 2.28. The molecule has 7 heteroatoms. The Balaban J connectivity index is 2.13. The Hall–Kier alpha value is -1.79. The standard InChI is InChI=1S/C13H15ClN2O4/c14-10-4-1-8(12(18)19)7-11(10)15-13(20)16(5-6-17)9-2-3-9/h1,4,7,9,17H,2-3,5-6H2,(H,15,20)(H,18,19). The molecule has 1 aromatic rings. The number of nitrogens with one attached hydrogen (secondary N) is 1. The van der Waals surface area contributed by atoms with Crippen LogP contribution in [-0.4, -0.2) is 46.3 Å². The van der Waals surface area contributed by atoms with Gasteiger partial charge in [0.25, 0.3) is 0 Å². The number of aromatic carboxylic acids is 1. The van der Waals surface area contributed by atoms with E-state index in [1.807, 2.05) is 0 Å². The molecule has 3 N–H and O–H groups in total. The number of rotatable bonds is 5. The largest absolute Gasteiger partial charge is 0.478 e. The molecule has 1 aliphatic carbocycles. The van der Waals surface area contributed by atoms with Crippen molar-refractivity contribution < 1.29 is 19.8 Å². The van der Waals surface area contributed by atoms with Gasteiger partial charge in [0.05, 0.1) is 22.9 Å². The number of hydrogen-bond acceptors (Lipinski definition) is 3. The lowest BCUT2D eigenvalue weighted by Crippen LogP contribution is -2.38. The first-order chi connectivity index (χ1) is 9.52. The van der Waals surface area contributed by atoms with E-state index in [0.29, 0.717) is 0 Å². The highest BCUT2D eigenvalue weighted by Gasteiger charge is 2.32. The Kier molecular flexibility index (Phi) is 4.46. The van der Waals surface area contributed by atoms with Crippen molar-refractivity contribution in [2.24, 2.45) is 0 Å². The lowest BCUT2D eigenvalue weighted by molar-refractivity contribution is 0.0697. The number of carbonyl (C=O) groups excluding carboxylic acids is 1. The Morgan fingerprint density at radius 1 is 1.40 bits per heavy atom. The number of nitrogens with zero attached hydrogens (tertiary/aromatic N) is 1. The van der Waals surface area contributed by atoms with Gasteiger partial charge in [-0.2, -0.15) is 0 Å². The molecule has 1 fully saturated rings. The minimum absolute atomic E-state index is 0.0461. The summed E-state index contributed by atoms with van der Waals surface area (Å²) in [5.74, 6) is -1.09. The van der Waals surface area contributed by atoms with Crippen molar-refractivity contribution in [1.29, 1.82) is 0 Å². The molecule has 0 heterocycles. The van der Waals surface area contributed by atoms with Gasteiger partial charge in [0.1, 0.15) is 0 Å². The number of carboxylic acid groups (broad SMARTS) is 1. The molecule has 108 valence electrons. The van der Waals surface area contributed by atoms with E-state index in [1.165, 1.54) is 23.1 Å². The minimum Gasteiger partial charge on any atom is -0.478 e. The first-order valence-corrected chi connectivity index (χ1v) is 6.62. The van der Waals surface area contributed by atoms with Gasteiger partial charge >= 0.3 is 12.0 Å². The fraction of sp³-hybridized carbons (Fsp3) is 0.385. The van der Waals surface area contributed by atoms with Gasteiger partial charge < -0.3 is 20.4 Å². The predicted octanol–water partition coefficient (Wildman–Crippen LogP) is 2.03. The number of hydrogen-bond donors (Lipinski definition) is 3. The maximum atomic E-state index is 12.1. The summed E-state index contributed by atoms with van der Waals surface area (Å²) in [7, 11) is 0. The van der Waals surface area contributed by atoms with Crippen molar-refractivity contribution in [3.8, 4) is 0 Å². The molecule has 2 rings (SSSR count). The SMILES string of the molecule is O=C(O)c1ccc(Cl)c(NC(=O)N(CCO)C2CC2)c1. The zero-order valence-corrected chi connectivity index (χ0v) is 11.4. The third-order valence-electron chi connectivity index (χ3n) is 3.04. The van der Waals surface area contributed by atoms with Gasteiger partial charge in [-0.3, -0.25) is 0 Å². The van der Waals surface area contributed by atoms with E-state index >= 15 is 0 Å². The molecule has 0 spiro atoms. The van der Waals surface area contributed by atoms with Crippen LogP contribution in [0.3, 0.4) is 0 Å². The Morgan fingerprint density at radius 2 is 2.10 bits per heavy atom. The van der Waals surface area contributed by atoms with E-state index in [2.05, 4.69) is 5.32 Å². The molecular weight excluding hydrogens is 284 g/mol. The molecule has 6 nitrogen and oxygen atoms in total. The Bertz CT molecular complexity index is 531. The smallest absolute Gasteiger partial charge is 0.335 e. The molecule has 0 aliphatic heterocycles. The van der Waals surface area contributed by atoms with Gasteiger partial charge in [-0.15, -0.1) is 0 Å². The van der Waals surface area contributed by atoms with Gasteiger partial charge in [0.2, 0.25) is 0 Å². The van der Waals surface area contributed by atoms with Crippen LogP contribution in [-0.2, 0) is 0 Å². The Labute approximate surface area is 121 Å². The van der Waals surface area contributed by atoms with Crippen LogP contribution in [0.1, 0.15) is 23.2 Å². The monoisotopic (exact) mass is 298 g/mol. The van der Waals surface area contributed by atoms with E-state index in [9.17, 15) is 9.59 Å². The first kappa shape index (κ1) is 14.6. The molecule has 2 amide bonds. The van der Waals surface area contributed by atoms with Gasteiger partial charge in [0, 0.05) is 12.6 Å². The summed E-state index contributed by atoms with van der Waals surface area (Å²) in [5.41, 5.74) is 0.296. The number of aliphatic hydroxyl groups is 1. The van der Waals surface area contributed by atoms with Crippen molar-refractivity contribution in [3.63, 3.8) is 0 Å². The van der Waals surface area contributed by atoms with Crippen LogP contribution < -0.4 is 5.32 Å². The maximum Gasteiger partial charge on any atom is 0.335 e. The van der Waals surface area contributed by atoms with Crippen LogP contribution >= 0.6 is 11.6 Å². The summed E-state index contributed by atoms with van der Waals surface area (Å²) in [6.45, 7) is 0.125. The summed E-state index contributed by atoms with van der Waals surface area (Å²) < 4.78 is 0. The number of carboxylic acids is 1. The lowest BCUT2D eigenvalue weighted by atomic mass is 10.2. The van der Waals surface area contributed by atoms with Gasteiger partial charge in [-0.25, -0.2) is 9.59 Å². The van der Waals surface area contributed by atoms with E-state index in [-0.39, 0.29) is 41.5 Å². The average Bonchev–Trinajstić information content (AvgIpc) is 3.22. The van der Waals surface area contributed by atoms with Gasteiger partial charge in [0.15, 0.2) is 0 Å². The Morgan fingerprint density at radius 3 is 2.65 bits per heavy atom. The number of halogens is 1. The number of anilines is 1. The predicted molar refractivity (Wildman–Crippen MR) is 74.2 cm³/mol. The first-order valence-electron chi connectivity index (χ1n) is 6.24. The highest BCUT2D eigenvalue weighted by atomic mass is 35.5. The van der Waals surface area contributed by atoms with E-state index < -0.39 is 5.97 Å². The number of amides is 2. The van der Waals surface area contributed by atoms with Crippen molar-refractivity contribution >= 4 is 29.3 Å². The van der Waals surface area contributed by atoms with Crippen LogP contribution in [0.4, 0.5) is 10.5 Å². The molecule has 0 saturated heterocycles. The van der Waals surface area contributed by atoms with Crippen molar-refractivity contribution in [1.82, 2.24) is 4.90 Å². The highest BCUT2D eigenvalue weighted by molar-refractivity contribution is 6.33. The quantitative estimate of drug-likeness (QED) is 0.776. The number of benzene rings is 1. The van der Waals surface area contributed by atoms with E-state index in [0.717, 1.165) is 12.8 Å². The fourth-order valence-corrected chi connectivity index (χ4v) is 2.05. The van der Waals surface area contributed by atoms with Crippen LogP contribution in [0.2, 0.25) is 5.02 Å². The number of aliphatic hydroxyl groups excluding tert-OH is 1. The van der Waals surface area contributed by atoms with Gasteiger partial charge in [-0.05, 0) is 31.0 Å². The second kappa shape index (κ2) is 6.11. The van der Waals surface area contributed by atoms with Gasteiger partial charge in [-0.1, -0.05) is 11.6 Å². The molecule has 20 heavy (non-hydrogen) atoms. The third kappa shape index (κ3) is 3.40. The summed E-state index contributed by atoms with van der Waals surface area (Å²) in [6.07, 6.45) is 1.83. The molecule has 1 aromatic carbocycles. The molecule has 1 saturated carbocycles. The second-order valence-corrected chi connectivity index (χ2v) is 4.99. The molecule has 0 radical (unpaired) electrons. The topological polar surface area (TPSA) is 89.9 Å². The molecule has 0 unspecified atom stereocenters. The number of carbonyl (C=O) groups is 2. The number of urea groups is 1. The lowest BCUT2D eigenvalue weighted by Gasteiger charge is -2.22. The summed E-state index contributed by atoms with van der Waals surface area (Å²) in [4.78, 5) is 24.6. The molecular formula is C13H15ClN2O4. The third-order valence-corrected chi connectivity index (χ3v) is 3.37. The normalized spacial score (nSPS) is 13.9. The van der Waals surface area contributed by atoms with E-state index in [4.69, 9.17) is 21.8 Å². The fourth-order valence-electron chi connectivity index (χ4n) is 1.88. The molecule has 0 aromatic heterocycles. The van der Waals surface area contributed by atoms with Crippen molar-refractivity contribution in [3.05, 3.63) is 28.8 Å². The molecule has 1 aliphatic rings. The summed E-state index contributed by atoms with van der Waals surface area (Å²) in [6, 6.07) is 3.86. The average molecular weight is 299 g/mol. The van der Waals surface area contributed by atoms with Crippen LogP contribution in [0.5, 0.6) is 0 Å². The zero-order chi connectivity index (χ0) is 14.7. The minimum atomic E-state index is -1.09. The second-order valence-electron chi connectivity index (χ2n) is 4.58. The zero-order valence-electron chi connectivity index (χ0n) is 10.7. The summed E-state index contributed by atoms with van der Waals surface area (Å²) >= 11 is 5.95. The van der Waals surface area contributed by atoms with Crippen LogP contribution in [0.15, 0.2) is 18.2 Å². The molecule has 0 bridgehead atoms. The summed E-state index contributed by atoms with van der Waals surface area (Å²) in [5, 5.41) is 20.8. The van der Waals surface area contributed by atoms with Crippen LogP contribution in [0.25, 0.3) is 0 Å². The van der Waals surface area contributed by atoms with E-state index in [1.54, 1.807) is 0 Å². The van der Waals surface area contributed by atoms with Crippen molar-refractivity contribution in [2.45, 2.75) is 18.9 Å². The van der Waals surface area contributed by atoms with Crippen LogP contribution in [0, 0.1) is 0 Å². The molecule has 0 atom stereocenters. The maximum absolute atomic E-state index is 12.1. The van der Waals surface area contributed by atoms with Crippen molar-refractivity contribution in [2.75, 3.05) is 18.5 Å².